The smallest absolute Gasteiger partial charge is 0.101 e. The fraction of sp³-hybridized carbons (Fsp3) is 0.333. The zero-order valence-corrected chi connectivity index (χ0v) is 11.7. The van der Waals surface area contributed by atoms with Gasteiger partial charge in [0.1, 0.15) is 7.85 Å². The van der Waals surface area contributed by atoms with Crippen LogP contribution in [0.25, 0.3) is 0 Å². The molecule has 17 heavy (non-hydrogen) atoms. The number of halogens is 1. The molecule has 1 aromatic carbocycles. The van der Waals surface area contributed by atoms with E-state index in [1.165, 1.54) is 11.1 Å². The predicted octanol–water partition coefficient (Wildman–Crippen LogP) is 4.06. The fourth-order valence-corrected chi connectivity index (χ4v) is 3.57. The lowest BCUT2D eigenvalue weighted by Gasteiger charge is -2.30. The van der Waals surface area contributed by atoms with Crippen LogP contribution >= 0.6 is 15.9 Å². The molecule has 84 valence electrons. The Kier molecular flexibility index (Phi) is 2.41. The van der Waals surface area contributed by atoms with Gasteiger partial charge in [-0.25, -0.2) is 0 Å². The molecule has 2 aliphatic rings. The molecule has 3 rings (SSSR count). The first-order valence-corrected chi connectivity index (χ1v) is 6.75. The van der Waals surface area contributed by atoms with Crippen molar-refractivity contribution < 1.29 is 0 Å². The molecule has 0 amide bonds. The van der Waals surface area contributed by atoms with E-state index in [0.29, 0.717) is 11.8 Å². The molecule has 0 nitrogen and oxygen atoms in total. The Morgan fingerprint density at radius 3 is 2.82 bits per heavy atom. The lowest BCUT2D eigenvalue weighted by atomic mass is 9.71. The Hall–Kier alpha value is -0.755. The summed E-state index contributed by atoms with van der Waals surface area (Å²) in [6.07, 6.45) is 6.51. The minimum Gasteiger partial charge on any atom is -0.101 e. The zero-order chi connectivity index (χ0) is 12.2. The van der Waals surface area contributed by atoms with Crippen LogP contribution in [0.1, 0.15) is 30.9 Å². The first kappa shape index (κ1) is 11.3. The summed E-state index contributed by atoms with van der Waals surface area (Å²) in [5, 5.41) is 0. The maximum Gasteiger partial charge on any atom is 0.113 e. The molecular weight excluding hydrogens is 271 g/mol. The Balaban J connectivity index is 2.21. The first-order chi connectivity index (χ1) is 8.00. The largest absolute Gasteiger partial charge is 0.113 e. The third-order valence-electron chi connectivity index (χ3n) is 4.16. The third-order valence-corrected chi connectivity index (χ3v) is 4.65. The van der Waals surface area contributed by atoms with E-state index in [0.717, 1.165) is 9.95 Å². The SMILES string of the molecule is [B]C1=CC2C(C=C1)c1ccc(Br)cc1C2(C)C. The van der Waals surface area contributed by atoms with E-state index < -0.39 is 0 Å². The molecule has 1 aromatic rings. The van der Waals surface area contributed by atoms with Crippen molar-refractivity contribution in [1.82, 2.24) is 0 Å². The molecule has 0 heterocycles. The van der Waals surface area contributed by atoms with Crippen molar-refractivity contribution in [3.63, 3.8) is 0 Å². The molecule has 0 N–H and O–H groups in total. The summed E-state index contributed by atoms with van der Waals surface area (Å²) >= 11 is 3.57. The van der Waals surface area contributed by atoms with Crippen molar-refractivity contribution in [2.45, 2.75) is 25.2 Å². The number of hydrogen-bond donors (Lipinski definition) is 0. The Morgan fingerprint density at radius 1 is 1.29 bits per heavy atom. The van der Waals surface area contributed by atoms with Crippen molar-refractivity contribution in [3.05, 3.63) is 57.5 Å². The Labute approximate surface area is 112 Å². The second kappa shape index (κ2) is 3.62. The van der Waals surface area contributed by atoms with Crippen molar-refractivity contribution >= 4 is 23.8 Å². The normalized spacial score (nSPS) is 28.5. The molecule has 0 aliphatic heterocycles. The quantitative estimate of drug-likeness (QED) is 0.630. The van der Waals surface area contributed by atoms with Gasteiger partial charge in [0.2, 0.25) is 0 Å². The van der Waals surface area contributed by atoms with Crippen LogP contribution in [-0.4, -0.2) is 7.85 Å². The molecule has 0 saturated carbocycles. The van der Waals surface area contributed by atoms with Gasteiger partial charge >= 0.3 is 0 Å². The van der Waals surface area contributed by atoms with Crippen molar-refractivity contribution in [2.75, 3.05) is 0 Å². The van der Waals surface area contributed by atoms with Crippen molar-refractivity contribution in [1.29, 1.82) is 0 Å². The Bertz CT molecular complexity index is 540. The molecule has 0 aromatic heterocycles. The average molecular weight is 285 g/mol. The van der Waals surface area contributed by atoms with Gasteiger partial charge in [0.05, 0.1) is 0 Å². The minimum atomic E-state index is 0.152. The van der Waals surface area contributed by atoms with Gasteiger partial charge in [-0.15, -0.1) is 5.47 Å². The van der Waals surface area contributed by atoms with E-state index in [4.69, 9.17) is 7.85 Å². The lowest BCUT2D eigenvalue weighted by molar-refractivity contribution is 0.394. The van der Waals surface area contributed by atoms with Crippen LogP contribution in [0.15, 0.2) is 46.4 Å². The molecule has 0 bridgehead atoms. The molecule has 0 spiro atoms. The second-order valence-corrected chi connectivity index (χ2v) is 6.45. The number of hydrogen-bond acceptors (Lipinski definition) is 0. The molecule has 2 aliphatic carbocycles. The molecule has 2 radical (unpaired) electrons. The minimum absolute atomic E-state index is 0.152. The fourth-order valence-electron chi connectivity index (χ4n) is 3.21. The van der Waals surface area contributed by atoms with Gasteiger partial charge in [0.25, 0.3) is 0 Å². The maximum atomic E-state index is 5.94. The molecule has 2 unspecified atom stereocenters. The number of allylic oxidation sites excluding steroid dienone is 4. The summed E-state index contributed by atoms with van der Waals surface area (Å²) in [5.41, 5.74) is 3.94. The van der Waals surface area contributed by atoms with Crippen molar-refractivity contribution in [2.24, 2.45) is 5.92 Å². The summed E-state index contributed by atoms with van der Waals surface area (Å²) < 4.78 is 1.16. The number of rotatable bonds is 0. The summed E-state index contributed by atoms with van der Waals surface area (Å²) in [6.45, 7) is 4.62. The molecule has 0 saturated heterocycles. The van der Waals surface area contributed by atoms with Gasteiger partial charge in [0, 0.05) is 10.4 Å². The molecule has 0 fully saturated rings. The summed E-state index contributed by atoms with van der Waals surface area (Å²) in [5.74, 6) is 0.970. The summed E-state index contributed by atoms with van der Waals surface area (Å²) in [4.78, 5) is 0. The zero-order valence-electron chi connectivity index (χ0n) is 10.1. The number of fused-ring (bicyclic) bond motifs is 3. The molecular formula is C15H14BBr. The highest BCUT2D eigenvalue weighted by atomic mass is 79.9. The van der Waals surface area contributed by atoms with E-state index in [1.807, 2.05) is 6.08 Å². The van der Waals surface area contributed by atoms with Crippen LogP contribution in [-0.2, 0) is 5.41 Å². The van der Waals surface area contributed by atoms with Crippen LogP contribution in [0.3, 0.4) is 0 Å². The predicted molar refractivity (Wildman–Crippen MR) is 76.4 cm³/mol. The first-order valence-electron chi connectivity index (χ1n) is 5.95. The lowest BCUT2D eigenvalue weighted by Crippen LogP contribution is -2.25. The number of benzene rings is 1. The van der Waals surface area contributed by atoms with E-state index in [2.05, 4.69) is 60.1 Å². The molecule has 2 atom stereocenters. The van der Waals surface area contributed by atoms with E-state index in [-0.39, 0.29) is 5.41 Å². The van der Waals surface area contributed by atoms with E-state index >= 15 is 0 Å². The van der Waals surface area contributed by atoms with Crippen LogP contribution < -0.4 is 0 Å². The maximum absolute atomic E-state index is 5.94. The van der Waals surface area contributed by atoms with E-state index in [9.17, 15) is 0 Å². The monoisotopic (exact) mass is 284 g/mol. The van der Waals surface area contributed by atoms with Crippen LogP contribution in [0.4, 0.5) is 0 Å². The van der Waals surface area contributed by atoms with E-state index in [1.54, 1.807) is 0 Å². The van der Waals surface area contributed by atoms with Gasteiger partial charge < -0.3 is 0 Å². The van der Waals surface area contributed by atoms with Crippen LogP contribution in [0, 0.1) is 5.92 Å². The highest BCUT2D eigenvalue weighted by Crippen LogP contribution is 2.53. The van der Waals surface area contributed by atoms with Crippen molar-refractivity contribution in [3.8, 4) is 0 Å². The van der Waals surface area contributed by atoms with Gasteiger partial charge in [-0.1, -0.05) is 54.1 Å². The van der Waals surface area contributed by atoms with Crippen LogP contribution in [0.2, 0.25) is 0 Å². The highest BCUT2D eigenvalue weighted by Gasteiger charge is 2.44. The van der Waals surface area contributed by atoms with Gasteiger partial charge in [-0.05, 0) is 34.6 Å². The average Bonchev–Trinajstić information content (AvgIpc) is 2.49. The van der Waals surface area contributed by atoms with Gasteiger partial charge in [0.15, 0.2) is 0 Å². The van der Waals surface area contributed by atoms with Crippen LogP contribution in [0.5, 0.6) is 0 Å². The van der Waals surface area contributed by atoms with Gasteiger partial charge in [-0.2, -0.15) is 0 Å². The Morgan fingerprint density at radius 2 is 2.06 bits per heavy atom. The van der Waals surface area contributed by atoms with Gasteiger partial charge in [-0.3, -0.25) is 0 Å². The highest BCUT2D eigenvalue weighted by molar-refractivity contribution is 9.10. The second-order valence-electron chi connectivity index (χ2n) is 5.53. The topological polar surface area (TPSA) is 0 Å². The summed E-state index contributed by atoms with van der Waals surface area (Å²) in [7, 11) is 5.94. The molecule has 2 heteroatoms. The standard InChI is InChI=1S/C15H14BBr/c1-15(2)13-7-9(16)3-5-11(13)12-6-4-10(17)8-14(12)15/h3-8,11,13H,1-2H3. The summed E-state index contributed by atoms with van der Waals surface area (Å²) in [6, 6.07) is 6.63. The third kappa shape index (κ3) is 1.57.